The van der Waals surface area contributed by atoms with Crippen molar-refractivity contribution in [1.82, 2.24) is 0 Å². The molecule has 1 nitrogen and oxygen atoms in total. The summed E-state index contributed by atoms with van der Waals surface area (Å²) in [6, 6.07) is 8.43. The lowest BCUT2D eigenvalue weighted by Gasteiger charge is -2.21. The van der Waals surface area contributed by atoms with Crippen LogP contribution in [0.25, 0.3) is 0 Å². The van der Waals surface area contributed by atoms with Crippen LogP contribution in [-0.2, 0) is 5.33 Å². The summed E-state index contributed by atoms with van der Waals surface area (Å²) in [5, 5.41) is 0.916. The Bertz CT molecular complexity index is 373. The van der Waals surface area contributed by atoms with Gasteiger partial charge in [0.05, 0.1) is 6.61 Å². The van der Waals surface area contributed by atoms with Gasteiger partial charge in [0.25, 0.3) is 0 Å². The maximum Gasteiger partial charge on any atom is 0.119 e. The first-order valence-corrected chi connectivity index (χ1v) is 7.75. The van der Waals surface area contributed by atoms with Crippen molar-refractivity contribution in [3.63, 3.8) is 0 Å². The summed E-state index contributed by atoms with van der Waals surface area (Å²) in [6.07, 6.45) is 5.79. The van der Waals surface area contributed by atoms with Crippen molar-refractivity contribution >= 4 is 15.9 Å². The zero-order valence-electron chi connectivity index (χ0n) is 10.1. The maximum absolute atomic E-state index is 5.93. The fraction of sp³-hybridized carbons (Fsp3) is 0.600. The van der Waals surface area contributed by atoms with Crippen LogP contribution >= 0.6 is 15.9 Å². The first kappa shape index (κ1) is 11.6. The lowest BCUT2D eigenvalue weighted by atomic mass is 9.89. The highest BCUT2D eigenvalue weighted by Crippen LogP contribution is 2.48. The molecule has 0 saturated heterocycles. The zero-order valence-corrected chi connectivity index (χ0v) is 11.7. The van der Waals surface area contributed by atoms with Crippen molar-refractivity contribution in [1.29, 1.82) is 0 Å². The second-order valence-corrected chi connectivity index (χ2v) is 6.08. The summed E-state index contributed by atoms with van der Waals surface area (Å²) in [6.45, 7) is 0.925. The van der Waals surface area contributed by atoms with Crippen molar-refractivity contribution in [3.8, 4) is 5.75 Å². The van der Waals surface area contributed by atoms with E-state index in [1.807, 2.05) is 0 Å². The number of rotatable bonds is 4. The normalized spacial score (nSPS) is 30.8. The first-order chi connectivity index (χ1) is 8.35. The van der Waals surface area contributed by atoms with Gasteiger partial charge in [-0.05, 0) is 54.7 Å². The second kappa shape index (κ2) is 5.01. The molecule has 0 radical (unpaired) electrons. The van der Waals surface area contributed by atoms with E-state index in [4.69, 9.17) is 4.74 Å². The summed E-state index contributed by atoms with van der Waals surface area (Å²) in [5.41, 5.74) is 1.30. The van der Waals surface area contributed by atoms with E-state index in [9.17, 15) is 0 Å². The molecule has 1 aromatic carbocycles. The van der Waals surface area contributed by atoms with Gasteiger partial charge in [0.2, 0.25) is 0 Å². The molecule has 3 atom stereocenters. The molecule has 2 fully saturated rings. The molecule has 92 valence electrons. The number of fused-ring (bicyclic) bond motifs is 2. The van der Waals surface area contributed by atoms with Gasteiger partial charge in [-0.3, -0.25) is 0 Å². The molecular formula is C15H19BrO. The van der Waals surface area contributed by atoms with Crippen molar-refractivity contribution in [3.05, 3.63) is 29.8 Å². The number of halogens is 1. The Balaban J connectivity index is 1.53. The van der Waals surface area contributed by atoms with Crippen molar-refractivity contribution in [2.75, 3.05) is 6.61 Å². The lowest BCUT2D eigenvalue weighted by molar-refractivity contribution is 0.195. The van der Waals surface area contributed by atoms with Gasteiger partial charge in [0, 0.05) is 5.33 Å². The molecule has 2 heteroatoms. The number of ether oxygens (including phenoxy) is 1. The number of benzene rings is 1. The molecule has 0 heterocycles. The summed E-state index contributed by atoms with van der Waals surface area (Å²) in [7, 11) is 0. The largest absolute Gasteiger partial charge is 0.493 e. The van der Waals surface area contributed by atoms with E-state index in [2.05, 4.69) is 40.2 Å². The van der Waals surface area contributed by atoms with E-state index < -0.39 is 0 Å². The van der Waals surface area contributed by atoms with E-state index in [1.165, 1.54) is 31.2 Å². The van der Waals surface area contributed by atoms with E-state index in [-0.39, 0.29) is 0 Å². The van der Waals surface area contributed by atoms with Gasteiger partial charge >= 0.3 is 0 Å². The minimum atomic E-state index is 0.824. The Kier molecular flexibility index (Phi) is 3.41. The third-order valence-corrected chi connectivity index (χ3v) is 5.07. The molecule has 0 aliphatic heterocycles. The third-order valence-electron chi connectivity index (χ3n) is 4.43. The summed E-state index contributed by atoms with van der Waals surface area (Å²) in [4.78, 5) is 0. The van der Waals surface area contributed by atoms with Gasteiger partial charge in [-0.1, -0.05) is 34.5 Å². The van der Waals surface area contributed by atoms with Gasteiger partial charge in [-0.15, -0.1) is 0 Å². The predicted octanol–water partition coefficient (Wildman–Crippen LogP) is 4.40. The molecule has 2 saturated carbocycles. The lowest BCUT2D eigenvalue weighted by Crippen LogP contribution is -2.18. The van der Waals surface area contributed by atoms with Gasteiger partial charge in [0.1, 0.15) is 5.75 Å². The average molecular weight is 295 g/mol. The summed E-state index contributed by atoms with van der Waals surface area (Å²) in [5.74, 6) is 3.83. The van der Waals surface area contributed by atoms with Crippen LogP contribution in [-0.4, -0.2) is 6.61 Å². The van der Waals surface area contributed by atoms with E-state index >= 15 is 0 Å². The Hall–Kier alpha value is -0.500. The Labute approximate surface area is 112 Å². The van der Waals surface area contributed by atoms with Crippen LogP contribution in [0.1, 0.15) is 31.2 Å². The molecule has 0 spiro atoms. The molecule has 0 N–H and O–H groups in total. The smallest absolute Gasteiger partial charge is 0.119 e. The highest BCUT2D eigenvalue weighted by molar-refractivity contribution is 9.08. The monoisotopic (exact) mass is 294 g/mol. The fourth-order valence-electron chi connectivity index (χ4n) is 3.46. The Morgan fingerprint density at radius 3 is 2.53 bits per heavy atom. The van der Waals surface area contributed by atoms with Crippen LogP contribution < -0.4 is 4.74 Å². The molecule has 0 aromatic heterocycles. The maximum atomic E-state index is 5.93. The quantitative estimate of drug-likeness (QED) is 0.748. The van der Waals surface area contributed by atoms with Gasteiger partial charge in [-0.25, -0.2) is 0 Å². The number of hydrogen-bond donors (Lipinski definition) is 0. The van der Waals surface area contributed by atoms with Gasteiger partial charge in [-0.2, -0.15) is 0 Å². The average Bonchev–Trinajstić information content (AvgIpc) is 2.99. The fourth-order valence-corrected chi connectivity index (χ4v) is 3.83. The highest BCUT2D eigenvalue weighted by Gasteiger charge is 2.39. The molecular weight excluding hydrogens is 276 g/mol. The molecule has 2 aliphatic rings. The number of hydrogen-bond acceptors (Lipinski definition) is 1. The van der Waals surface area contributed by atoms with E-state index in [0.717, 1.165) is 35.4 Å². The molecule has 3 rings (SSSR count). The minimum absolute atomic E-state index is 0.824. The highest BCUT2D eigenvalue weighted by atomic mass is 79.9. The molecule has 2 aliphatic carbocycles. The summed E-state index contributed by atoms with van der Waals surface area (Å²) < 4.78 is 5.93. The van der Waals surface area contributed by atoms with Crippen molar-refractivity contribution < 1.29 is 4.74 Å². The van der Waals surface area contributed by atoms with Crippen molar-refractivity contribution in [2.45, 2.75) is 31.0 Å². The first-order valence-electron chi connectivity index (χ1n) is 6.63. The van der Waals surface area contributed by atoms with Crippen LogP contribution in [0.4, 0.5) is 0 Å². The van der Waals surface area contributed by atoms with Crippen LogP contribution in [0.3, 0.4) is 0 Å². The SMILES string of the molecule is BrCc1ccc(OCC2CC3CCC2C3)cc1. The van der Waals surface area contributed by atoms with E-state index in [1.54, 1.807) is 0 Å². The standard InChI is InChI=1S/C15H19BrO/c16-9-11-2-5-15(6-3-11)17-10-14-8-12-1-4-13(14)7-12/h2-3,5-6,12-14H,1,4,7-10H2. The molecule has 17 heavy (non-hydrogen) atoms. The van der Waals surface area contributed by atoms with E-state index in [0.29, 0.717) is 0 Å². The van der Waals surface area contributed by atoms with Crippen LogP contribution in [0.15, 0.2) is 24.3 Å². The molecule has 2 bridgehead atoms. The summed E-state index contributed by atoms with van der Waals surface area (Å²) >= 11 is 3.46. The van der Waals surface area contributed by atoms with Crippen LogP contribution in [0, 0.1) is 17.8 Å². The Morgan fingerprint density at radius 1 is 1.12 bits per heavy atom. The van der Waals surface area contributed by atoms with Gasteiger partial charge in [0.15, 0.2) is 0 Å². The Morgan fingerprint density at radius 2 is 1.94 bits per heavy atom. The third kappa shape index (κ3) is 2.52. The zero-order chi connectivity index (χ0) is 11.7. The molecule has 3 unspecified atom stereocenters. The van der Waals surface area contributed by atoms with Gasteiger partial charge < -0.3 is 4.74 Å². The molecule has 1 aromatic rings. The molecule has 0 amide bonds. The topological polar surface area (TPSA) is 9.23 Å². The number of alkyl halides is 1. The van der Waals surface area contributed by atoms with Crippen LogP contribution in [0.2, 0.25) is 0 Å². The predicted molar refractivity (Wildman–Crippen MR) is 73.5 cm³/mol. The second-order valence-electron chi connectivity index (χ2n) is 5.52. The van der Waals surface area contributed by atoms with Crippen molar-refractivity contribution in [2.24, 2.45) is 17.8 Å². The minimum Gasteiger partial charge on any atom is -0.493 e. The van der Waals surface area contributed by atoms with Crippen LogP contribution in [0.5, 0.6) is 5.75 Å².